The van der Waals surface area contributed by atoms with E-state index in [1.807, 2.05) is 20.8 Å². The van der Waals surface area contributed by atoms with Crippen LogP contribution in [-0.2, 0) is 4.74 Å². The first kappa shape index (κ1) is 10.7. The van der Waals surface area contributed by atoms with Gasteiger partial charge in [-0.15, -0.1) is 0 Å². The highest BCUT2D eigenvalue weighted by Gasteiger charge is 2.50. The maximum absolute atomic E-state index is 11.7. The van der Waals surface area contributed by atoms with Crippen LogP contribution in [0.2, 0.25) is 0 Å². The fourth-order valence-electron chi connectivity index (χ4n) is 2.41. The van der Waals surface area contributed by atoms with Crippen LogP contribution < -0.4 is 0 Å². The Bertz CT molecular complexity index is 271. The fraction of sp³-hybridized carbons (Fsp3) is 0.909. The van der Waals surface area contributed by atoms with Gasteiger partial charge < -0.3 is 14.7 Å². The van der Waals surface area contributed by atoms with Crippen LogP contribution in [-0.4, -0.2) is 40.4 Å². The van der Waals surface area contributed by atoms with Gasteiger partial charge in [0.15, 0.2) is 0 Å². The molecule has 2 aliphatic rings. The number of likely N-dealkylation sites (tertiary alicyclic amines) is 1. The molecule has 86 valence electrons. The number of hydrogen-bond donors (Lipinski definition) is 1. The molecule has 0 aromatic heterocycles. The summed E-state index contributed by atoms with van der Waals surface area (Å²) in [5.41, 5.74) is -0.431. The Balaban J connectivity index is 1.90. The molecule has 3 atom stereocenters. The number of aliphatic hydroxyl groups excluding tert-OH is 1. The van der Waals surface area contributed by atoms with Gasteiger partial charge in [0.05, 0.1) is 6.10 Å². The number of hydrogen-bond acceptors (Lipinski definition) is 3. The van der Waals surface area contributed by atoms with E-state index in [1.165, 1.54) is 0 Å². The molecule has 1 N–H and O–H groups in total. The lowest BCUT2D eigenvalue weighted by Crippen LogP contribution is -2.59. The molecule has 1 amide bonds. The van der Waals surface area contributed by atoms with E-state index in [9.17, 15) is 9.90 Å². The summed E-state index contributed by atoms with van der Waals surface area (Å²) < 4.78 is 5.29. The van der Waals surface area contributed by atoms with Gasteiger partial charge in [-0.25, -0.2) is 4.79 Å². The van der Waals surface area contributed by atoms with Crippen molar-refractivity contribution in [2.45, 2.75) is 51.4 Å². The van der Waals surface area contributed by atoms with Gasteiger partial charge in [0.1, 0.15) is 5.60 Å². The van der Waals surface area contributed by atoms with Crippen molar-refractivity contribution in [3.8, 4) is 0 Å². The van der Waals surface area contributed by atoms with Crippen LogP contribution in [0.1, 0.15) is 33.6 Å². The zero-order valence-electron chi connectivity index (χ0n) is 9.56. The molecule has 1 heterocycles. The molecule has 0 radical (unpaired) electrons. The number of carbonyl (C=O) groups excluding carboxylic acids is 1. The average molecular weight is 213 g/mol. The largest absolute Gasteiger partial charge is 0.444 e. The minimum atomic E-state index is -0.431. The Morgan fingerprint density at radius 2 is 2.07 bits per heavy atom. The summed E-state index contributed by atoms with van der Waals surface area (Å²) >= 11 is 0. The highest BCUT2D eigenvalue weighted by molar-refractivity contribution is 5.70. The third-order valence-corrected chi connectivity index (χ3v) is 3.18. The standard InChI is InChI=1S/C11H19NO3/c1-11(2,3)15-10(14)12-6-7-8(12)4-5-9(7)13/h7-9,13H,4-6H2,1-3H3. The monoisotopic (exact) mass is 213 g/mol. The molecule has 4 nitrogen and oxygen atoms in total. The summed E-state index contributed by atoms with van der Waals surface area (Å²) in [5, 5.41) is 9.57. The van der Waals surface area contributed by atoms with E-state index in [0.717, 1.165) is 12.8 Å². The van der Waals surface area contributed by atoms with Crippen molar-refractivity contribution < 1.29 is 14.6 Å². The maximum Gasteiger partial charge on any atom is 0.410 e. The zero-order chi connectivity index (χ0) is 11.2. The molecule has 4 heteroatoms. The van der Waals surface area contributed by atoms with Gasteiger partial charge in [-0.3, -0.25) is 0 Å². The molecule has 3 unspecified atom stereocenters. The first-order chi connectivity index (χ1) is 6.88. The molecular weight excluding hydrogens is 194 g/mol. The van der Waals surface area contributed by atoms with E-state index >= 15 is 0 Å². The molecule has 2 rings (SSSR count). The normalized spacial score (nSPS) is 34.7. The van der Waals surface area contributed by atoms with Crippen LogP contribution in [0.5, 0.6) is 0 Å². The molecule has 0 aromatic carbocycles. The molecule has 1 aliphatic heterocycles. The van der Waals surface area contributed by atoms with Crippen molar-refractivity contribution in [3.63, 3.8) is 0 Å². The summed E-state index contributed by atoms with van der Waals surface area (Å²) in [7, 11) is 0. The Hall–Kier alpha value is -0.770. The number of ether oxygens (including phenoxy) is 1. The fourth-order valence-corrected chi connectivity index (χ4v) is 2.41. The molecular formula is C11H19NO3. The van der Waals surface area contributed by atoms with E-state index in [1.54, 1.807) is 4.90 Å². The molecule has 1 saturated heterocycles. The minimum absolute atomic E-state index is 0.214. The van der Waals surface area contributed by atoms with Crippen molar-refractivity contribution in [3.05, 3.63) is 0 Å². The van der Waals surface area contributed by atoms with Crippen LogP contribution in [0.3, 0.4) is 0 Å². The second-order valence-corrected chi connectivity index (χ2v) is 5.51. The van der Waals surface area contributed by atoms with Crippen molar-refractivity contribution >= 4 is 6.09 Å². The zero-order valence-corrected chi connectivity index (χ0v) is 9.56. The number of carbonyl (C=O) groups is 1. The second-order valence-electron chi connectivity index (χ2n) is 5.51. The Labute approximate surface area is 90.2 Å². The Morgan fingerprint density at radius 3 is 2.60 bits per heavy atom. The lowest BCUT2D eigenvalue weighted by atomic mass is 9.91. The van der Waals surface area contributed by atoms with E-state index in [-0.39, 0.29) is 24.2 Å². The highest BCUT2D eigenvalue weighted by Crippen LogP contribution is 2.39. The first-order valence-electron chi connectivity index (χ1n) is 5.56. The lowest BCUT2D eigenvalue weighted by Gasteiger charge is -2.45. The third-order valence-electron chi connectivity index (χ3n) is 3.18. The minimum Gasteiger partial charge on any atom is -0.444 e. The number of rotatable bonds is 0. The van der Waals surface area contributed by atoms with Gasteiger partial charge in [-0.2, -0.15) is 0 Å². The smallest absolute Gasteiger partial charge is 0.410 e. The van der Waals surface area contributed by atoms with Crippen molar-refractivity contribution in [1.29, 1.82) is 0 Å². The van der Waals surface area contributed by atoms with Crippen LogP contribution in [0, 0.1) is 5.92 Å². The summed E-state index contributed by atoms with van der Waals surface area (Å²) in [6.45, 7) is 6.25. The van der Waals surface area contributed by atoms with Crippen molar-refractivity contribution in [2.24, 2.45) is 5.92 Å². The van der Waals surface area contributed by atoms with E-state index in [2.05, 4.69) is 0 Å². The summed E-state index contributed by atoms with van der Waals surface area (Å²) in [5.74, 6) is 0.289. The maximum atomic E-state index is 11.7. The van der Waals surface area contributed by atoms with Gasteiger partial charge in [-0.1, -0.05) is 0 Å². The number of nitrogens with zero attached hydrogens (tertiary/aromatic N) is 1. The molecule has 0 bridgehead atoms. The molecule has 0 spiro atoms. The van der Waals surface area contributed by atoms with Crippen LogP contribution in [0.25, 0.3) is 0 Å². The number of fused-ring (bicyclic) bond motifs is 1. The van der Waals surface area contributed by atoms with Crippen molar-refractivity contribution in [2.75, 3.05) is 6.54 Å². The Morgan fingerprint density at radius 1 is 1.40 bits per heavy atom. The van der Waals surface area contributed by atoms with E-state index in [0.29, 0.717) is 6.54 Å². The Kier molecular flexibility index (Phi) is 2.41. The average Bonchev–Trinajstić information content (AvgIpc) is 2.22. The predicted octanol–water partition coefficient (Wildman–Crippen LogP) is 1.38. The van der Waals surface area contributed by atoms with Gasteiger partial charge in [0.25, 0.3) is 0 Å². The number of amides is 1. The molecule has 1 aliphatic carbocycles. The van der Waals surface area contributed by atoms with Gasteiger partial charge in [-0.05, 0) is 33.6 Å². The van der Waals surface area contributed by atoms with Gasteiger partial charge in [0, 0.05) is 18.5 Å². The molecule has 15 heavy (non-hydrogen) atoms. The third kappa shape index (κ3) is 1.95. The topological polar surface area (TPSA) is 49.8 Å². The SMILES string of the molecule is CC(C)(C)OC(=O)N1CC2C(O)CCC21. The van der Waals surface area contributed by atoms with E-state index < -0.39 is 5.60 Å². The molecule has 2 fully saturated rings. The van der Waals surface area contributed by atoms with Crippen LogP contribution in [0.15, 0.2) is 0 Å². The molecule has 1 saturated carbocycles. The van der Waals surface area contributed by atoms with Gasteiger partial charge in [0.2, 0.25) is 0 Å². The van der Waals surface area contributed by atoms with Crippen LogP contribution >= 0.6 is 0 Å². The highest BCUT2D eigenvalue weighted by atomic mass is 16.6. The summed E-state index contributed by atoms with van der Waals surface area (Å²) in [4.78, 5) is 13.5. The summed E-state index contributed by atoms with van der Waals surface area (Å²) in [6.07, 6.45) is 1.27. The van der Waals surface area contributed by atoms with Crippen molar-refractivity contribution in [1.82, 2.24) is 4.90 Å². The summed E-state index contributed by atoms with van der Waals surface area (Å²) in [6, 6.07) is 0.217. The van der Waals surface area contributed by atoms with Crippen LogP contribution in [0.4, 0.5) is 4.79 Å². The van der Waals surface area contributed by atoms with E-state index in [4.69, 9.17) is 4.74 Å². The predicted molar refractivity (Wildman–Crippen MR) is 55.5 cm³/mol. The first-order valence-corrected chi connectivity index (χ1v) is 5.56. The lowest BCUT2D eigenvalue weighted by molar-refractivity contribution is -0.0414. The van der Waals surface area contributed by atoms with Gasteiger partial charge >= 0.3 is 6.09 Å². The quantitative estimate of drug-likeness (QED) is 0.661. The number of aliphatic hydroxyl groups is 1. The second kappa shape index (κ2) is 3.37. The molecule has 0 aromatic rings.